The third kappa shape index (κ3) is 2.61. The molecule has 1 aliphatic rings. The van der Waals surface area contributed by atoms with Crippen molar-refractivity contribution in [3.8, 4) is 0 Å². The highest BCUT2D eigenvalue weighted by molar-refractivity contribution is 9.10. The molecule has 0 aliphatic heterocycles. The lowest BCUT2D eigenvalue weighted by Gasteiger charge is -2.34. The van der Waals surface area contributed by atoms with Crippen LogP contribution in [0, 0.1) is 5.92 Å². The van der Waals surface area contributed by atoms with Crippen LogP contribution in [0.25, 0.3) is 0 Å². The Morgan fingerprint density at radius 3 is 2.27 bits per heavy atom. The van der Waals surface area contributed by atoms with E-state index in [0.717, 1.165) is 16.1 Å². The van der Waals surface area contributed by atoms with Crippen molar-refractivity contribution in [2.45, 2.75) is 25.8 Å². The SMILES string of the molecule is CC1CC(Nc2c(Cl)cc(Br)cc2Cl)C1. The Bertz CT molecular complexity index is 352. The van der Waals surface area contributed by atoms with E-state index in [4.69, 9.17) is 23.2 Å². The Balaban J connectivity index is 2.14. The van der Waals surface area contributed by atoms with Crippen LogP contribution in [0.2, 0.25) is 10.0 Å². The number of nitrogens with one attached hydrogen (secondary N) is 1. The number of anilines is 1. The van der Waals surface area contributed by atoms with Crippen LogP contribution in [0.5, 0.6) is 0 Å². The lowest BCUT2D eigenvalue weighted by atomic mass is 9.82. The Morgan fingerprint density at radius 1 is 1.27 bits per heavy atom. The molecule has 15 heavy (non-hydrogen) atoms. The van der Waals surface area contributed by atoms with Crippen molar-refractivity contribution in [1.29, 1.82) is 0 Å². The van der Waals surface area contributed by atoms with Gasteiger partial charge in [-0.15, -0.1) is 0 Å². The van der Waals surface area contributed by atoms with Crippen molar-refractivity contribution in [1.82, 2.24) is 0 Å². The van der Waals surface area contributed by atoms with Crippen molar-refractivity contribution in [3.05, 3.63) is 26.7 Å². The molecule has 0 radical (unpaired) electrons. The van der Waals surface area contributed by atoms with Crippen molar-refractivity contribution < 1.29 is 0 Å². The Hall–Kier alpha value is 0.0800. The molecule has 1 aromatic rings. The predicted molar refractivity (Wildman–Crippen MR) is 70.0 cm³/mol. The van der Waals surface area contributed by atoms with Gasteiger partial charge in [0.15, 0.2) is 0 Å². The molecule has 0 unspecified atom stereocenters. The first-order valence-corrected chi connectivity index (χ1v) is 6.52. The van der Waals surface area contributed by atoms with E-state index in [1.807, 2.05) is 12.1 Å². The number of halogens is 3. The van der Waals surface area contributed by atoms with Crippen LogP contribution in [0.1, 0.15) is 19.8 Å². The summed E-state index contributed by atoms with van der Waals surface area (Å²) in [7, 11) is 0. The summed E-state index contributed by atoms with van der Waals surface area (Å²) >= 11 is 15.6. The molecule has 2 rings (SSSR count). The van der Waals surface area contributed by atoms with Crippen molar-refractivity contribution in [2.75, 3.05) is 5.32 Å². The van der Waals surface area contributed by atoms with E-state index in [0.29, 0.717) is 16.1 Å². The monoisotopic (exact) mass is 307 g/mol. The maximum absolute atomic E-state index is 6.12. The zero-order valence-electron chi connectivity index (χ0n) is 8.36. The first-order chi connectivity index (χ1) is 7.06. The molecule has 0 amide bonds. The molecule has 0 heterocycles. The minimum atomic E-state index is 0.524. The van der Waals surface area contributed by atoms with Gasteiger partial charge in [0.05, 0.1) is 15.7 Å². The fraction of sp³-hybridized carbons (Fsp3) is 0.455. The molecule has 0 bridgehead atoms. The second-order valence-electron chi connectivity index (χ2n) is 4.16. The maximum atomic E-state index is 6.12. The number of rotatable bonds is 2. The highest BCUT2D eigenvalue weighted by Crippen LogP contribution is 2.37. The molecule has 4 heteroatoms. The van der Waals surface area contributed by atoms with Gasteiger partial charge in [-0.1, -0.05) is 46.1 Å². The zero-order valence-corrected chi connectivity index (χ0v) is 11.5. The van der Waals surface area contributed by atoms with Gasteiger partial charge in [-0.25, -0.2) is 0 Å². The van der Waals surface area contributed by atoms with Gasteiger partial charge in [0, 0.05) is 10.5 Å². The Morgan fingerprint density at radius 2 is 1.80 bits per heavy atom. The van der Waals surface area contributed by atoms with Crippen LogP contribution >= 0.6 is 39.1 Å². The van der Waals surface area contributed by atoms with Crippen molar-refractivity contribution >= 4 is 44.8 Å². The summed E-state index contributed by atoms with van der Waals surface area (Å²) in [6.45, 7) is 2.25. The van der Waals surface area contributed by atoms with Crippen molar-refractivity contribution in [2.24, 2.45) is 5.92 Å². The largest absolute Gasteiger partial charge is 0.380 e. The smallest absolute Gasteiger partial charge is 0.0721 e. The summed E-state index contributed by atoms with van der Waals surface area (Å²) in [4.78, 5) is 0. The molecule has 1 aliphatic carbocycles. The van der Waals surface area contributed by atoms with E-state index in [2.05, 4.69) is 28.2 Å². The number of hydrogen-bond donors (Lipinski definition) is 1. The van der Waals surface area contributed by atoms with E-state index in [9.17, 15) is 0 Å². The highest BCUT2D eigenvalue weighted by Gasteiger charge is 2.26. The zero-order chi connectivity index (χ0) is 11.0. The summed E-state index contributed by atoms with van der Waals surface area (Å²) < 4.78 is 0.907. The normalized spacial score (nSPS) is 24.8. The van der Waals surface area contributed by atoms with Gasteiger partial charge in [0.2, 0.25) is 0 Å². The van der Waals surface area contributed by atoms with Gasteiger partial charge in [0.1, 0.15) is 0 Å². The maximum Gasteiger partial charge on any atom is 0.0721 e. The third-order valence-electron chi connectivity index (χ3n) is 2.73. The fourth-order valence-corrected chi connectivity index (χ4v) is 3.22. The number of hydrogen-bond acceptors (Lipinski definition) is 1. The van der Waals surface area contributed by atoms with Crippen molar-refractivity contribution in [3.63, 3.8) is 0 Å². The second kappa shape index (κ2) is 4.52. The topological polar surface area (TPSA) is 12.0 Å². The molecule has 1 N–H and O–H groups in total. The van der Waals surface area contributed by atoms with Gasteiger partial charge in [0.25, 0.3) is 0 Å². The molecule has 0 aromatic heterocycles. The summed E-state index contributed by atoms with van der Waals surface area (Å²) in [6.07, 6.45) is 2.39. The first kappa shape index (κ1) is 11.6. The van der Waals surface area contributed by atoms with Crippen LogP contribution in [0.3, 0.4) is 0 Å². The first-order valence-electron chi connectivity index (χ1n) is 4.97. The highest BCUT2D eigenvalue weighted by atomic mass is 79.9. The molecule has 0 atom stereocenters. The Kier molecular flexibility index (Phi) is 3.49. The van der Waals surface area contributed by atoms with E-state index in [1.54, 1.807) is 0 Å². The lowest BCUT2D eigenvalue weighted by molar-refractivity contribution is 0.309. The molecule has 1 nitrogen and oxygen atoms in total. The summed E-state index contributed by atoms with van der Waals surface area (Å²) in [5.74, 6) is 0.815. The summed E-state index contributed by atoms with van der Waals surface area (Å²) in [6, 6.07) is 4.24. The fourth-order valence-electron chi connectivity index (χ4n) is 1.90. The van der Waals surface area contributed by atoms with Gasteiger partial charge < -0.3 is 5.32 Å². The van der Waals surface area contributed by atoms with Gasteiger partial charge in [-0.05, 0) is 30.9 Å². The van der Waals surface area contributed by atoms with E-state index in [1.165, 1.54) is 12.8 Å². The Labute approximate surface area is 108 Å². The minimum absolute atomic E-state index is 0.524. The molecular weight excluding hydrogens is 297 g/mol. The molecule has 1 aromatic carbocycles. The third-order valence-corrected chi connectivity index (χ3v) is 3.78. The molecule has 1 fully saturated rings. The molecule has 1 saturated carbocycles. The van der Waals surface area contributed by atoms with Gasteiger partial charge in [-0.3, -0.25) is 0 Å². The van der Waals surface area contributed by atoms with E-state index in [-0.39, 0.29) is 0 Å². The molecule has 0 saturated heterocycles. The second-order valence-corrected chi connectivity index (χ2v) is 5.89. The lowest BCUT2D eigenvalue weighted by Crippen LogP contribution is -2.33. The van der Waals surface area contributed by atoms with Gasteiger partial charge in [-0.2, -0.15) is 0 Å². The summed E-state index contributed by atoms with van der Waals surface area (Å²) in [5.41, 5.74) is 0.860. The van der Waals surface area contributed by atoms with E-state index >= 15 is 0 Å². The van der Waals surface area contributed by atoms with Gasteiger partial charge >= 0.3 is 0 Å². The minimum Gasteiger partial charge on any atom is -0.380 e. The average molecular weight is 309 g/mol. The quantitative estimate of drug-likeness (QED) is 0.813. The van der Waals surface area contributed by atoms with Crippen LogP contribution in [-0.4, -0.2) is 6.04 Å². The molecule has 0 spiro atoms. The standard InChI is InChI=1S/C11H12BrCl2N/c1-6-2-8(3-6)15-11-9(13)4-7(12)5-10(11)14/h4-6,8,15H,2-3H2,1H3. The average Bonchev–Trinajstić information content (AvgIpc) is 2.07. The molecule has 82 valence electrons. The van der Waals surface area contributed by atoms with E-state index < -0.39 is 0 Å². The van der Waals surface area contributed by atoms with Crippen LogP contribution in [0.4, 0.5) is 5.69 Å². The molecular formula is C11H12BrCl2N. The predicted octanol–water partition coefficient (Wildman–Crippen LogP) is 4.97. The van der Waals surface area contributed by atoms with Crippen LogP contribution in [-0.2, 0) is 0 Å². The van der Waals surface area contributed by atoms with Crippen LogP contribution in [0.15, 0.2) is 16.6 Å². The summed E-state index contributed by atoms with van der Waals surface area (Å²) in [5, 5.41) is 4.74. The number of benzene rings is 1. The van der Waals surface area contributed by atoms with Crippen LogP contribution < -0.4 is 5.32 Å².